The van der Waals surface area contributed by atoms with Crippen LogP contribution in [0.25, 0.3) is 6.08 Å². The smallest absolute Gasteiger partial charge is 0.363 e. The van der Waals surface area contributed by atoms with E-state index in [1.165, 1.54) is 0 Å². The van der Waals surface area contributed by atoms with Crippen LogP contribution in [0.2, 0.25) is 5.02 Å². The van der Waals surface area contributed by atoms with E-state index in [-0.39, 0.29) is 11.6 Å². The second-order valence-corrected chi connectivity index (χ2v) is 5.98. The molecule has 0 saturated heterocycles. The van der Waals surface area contributed by atoms with Gasteiger partial charge in [0.15, 0.2) is 17.2 Å². The number of esters is 1. The number of halogens is 1. The molecule has 1 heterocycles. The van der Waals surface area contributed by atoms with Crippen molar-refractivity contribution < 1.29 is 19.0 Å². The largest absolute Gasteiger partial charge is 0.493 e. The fourth-order valence-corrected chi connectivity index (χ4v) is 2.64. The van der Waals surface area contributed by atoms with E-state index < -0.39 is 5.97 Å². The van der Waals surface area contributed by atoms with E-state index in [1.54, 1.807) is 49.6 Å². The molecule has 1 aliphatic rings. The predicted octanol–water partition coefficient (Wildman–Crippen LogP) is 4.48. The Morgan fingerprint density at radius 2 is 2.00 bits per heavy atom. The molecule has 0 atom stereocenters. The highest BCUT2D eigenvalue weighted by Gasteiger charge is 2.25. The van der Waals surface area contributed by atoms with Crippen molar-refractivity contribution in [1.29, 1.82) is 0 Å². The zero-order chi connectivity index (χ0) is 18.5. The van der Waals surface area contributed by atoms with Crippen molar-refractivity contribution >= 4 is 29.5 Å². The number of hydrogen-bond acceptors (Lipinski definition) is 5. The molecule has 0 radical (unpaired) electrons. The van der Waals surface area contributed by atoms with E-state index in [1.807, 2.05) is 13.0 Å². The molecule has 3 rings (SSSR count). The molecule has 2 aromatic carbocycles. The molecule has 0 aliphatic carbocycles. The predicted molar refractivity (Wildman–Crippen MR) is 101 cm³/mol. The van der Waals surface area contributed by atoms with Gasteiger partial charge in [-0.25, -0.2) is 9.79 Å². The highest BCUT2D eigenvalue weighted by molar-refractivity contribution is 6.34. The molecule has 0 bridgehead atoms. The Kier molecular flexibility index (Phi) is 5.58. The quantitative estimate of drug-likeness (QED) is 0.555. The summed E-state index contributed by atoms with van der Waals surface area (Å²) in [6.45, 7) is 2.64. The van der Waals surface area contributed by atoms with Crippen LogP contribution in [0.1, 0.15) is 24.5 Å². The van der Waals surface area contributed by atoms with Crippen LogP contribution in [0.5, 0.6) is 11.5 Å². The topological polar surface area (TPSA) is 57.1 Å². The van der Waals surface area contributed by atoms with Gasteiger partial charge in [-0.3, -0.25) is 0 Å². The zero-order valence-electron chi connectivity index (χ0n) is 14.5. The van der Waals surface area contributed by atoms with Crippen molar-refractivity contribution in [1.82, 2.24) is 0 Å². The molecule has 0 N–H and O–H groups in total. The first-order valence-electron chi connectivity index (χ1n) is 8.20. The third kappa shape index (κ3) is 3.89. The van der Waals surface area contributed by atoms with Gasteiger partial charge in [-0.05, 0) is 42.3 Å². The van der Waals surface area contributed by atoms with Crippen molar-refractivity contribution in [3.05, 3.63) is 64.3 Å². The molecule has 5 nitrogen and oxygen atoms in total. The first-order chi connectivity index (χ1) is 12.6. The minimum absolute atomic E-state index is 0.196. The molecule has 6 heteroatoms. The summed E-state index contributed by atoms with van der Waals surface area (Å²) in [5, 5.41) is 0.472. The second-order valence-electron chi connectivity index (χ2n) is 5.57. The lowest BCUT2D eigenvalue weighted by molar-refractivity contribution is -0.129. The summed E-state index contributed by atoms with van der Waals surface area (Å²) < 4.78 is 16.2. The number of carbonyl (C=O) groups is 1. The molecule has 0 unspecified atom stereocenters. The number of rotatable bonds is 6. The molecule has 0 amide bonds. The SMILES string of the molecule is CCCOc1ccc(/C=C2\N=C(c3ccccc3Cl)OC2=O)cc1OC. The lowest BCUT2D eigenvalue weighted by Gasteiger charge is -2.10. The first kappa shape index (κ1) is 18.0. The van der Waals surface area contributed by atoms with Crippen molar-refractivity contribution in [2.75, 3.05) is 13.7 Å². The van der Waals surface area contributed by atoms with Gasteiger partial charge in [0, 0.05) is 0 Å². The van der Waals surface area contributed by atoms with Crippen LogP contribution in [0.15, 0.2) is 53.2 Å². The Bertz CT molecular complexity index is 889. The number of benzene rings is 2. The monoisotopic (exact) mass is 371 g/mol. The molecule has 26 heavy (non-hydrogen) atoms. The highest BCUT2D eigenvalue weighted by Crippen LogP contribution is 2.30. The average molecular weight is 372 g/mol. The Labute approximate surface area is 156 Å². The normalized spacial score (nSPS) is 15.0. The first-order valence-corrected chi connectivity index (χ1v) is 8.58. The van der Waals surface area contributed by atoms with Crippen LogP contribution in [-0.2, 0) is 9.53 Å². The summed E-state index contributed by atoms with van der Waals surface area (Å²) in [4.78, 5) is 16.4. The van der Waals surface area contributed by atoms with Gasteiger partial charge in [-0.2, -0.15) is 0 Å². The van der Waals surface area contributed by atoms with Gasteiger partial charge >= 0.3 is 5.97 Å². The Balaban J connectivity index is 1.89. The summed E-state index contributed by atoms with van der Waals surface area (Å²) in [6, 6.07) is 12.5. The fourth-order valence-electron chi connectivity index (χ4n) is 2.42. The van der Waals surface area contributed by atoms with E-state index >= 15 is 0 Å². The molecule has 0 spiro atoms. The third-order valence-corrected chi connectivity index (χ3v) is 4.01. The number of carbonyl (C=O) groups excluding carboxylic acids is 1. The molecular weight excluding hydrogens is 354 g/mol. The molecule has 2 aromatic rings. The van der Waals surface area contributed by atoms with Crippen LogP contribution in [0, 0.1) is 0 Å². The van der Waals surface area contributed by atoms with E-state index in [2.05, 4.69) is 4.99 Å². The van der Waals surface area contributed by atoms with Crippen molar-refractivity contribution in [3.8, 4) is 11.5 Å². The zero-order valence-corrected chi connectivity index (χ0v) is 15.2. The maximum Gasteiger partial charge on any atom is 0.363 e. The van der Waals surface area contributed by atoms with Crippen LogP contribution in [0.3, 0.4) is 0 Å². The van der Waals surface area contributed by atoms with Crippen LogP contribution < -0.4 is 9.47 Å². The van der Waals surface area contributed by atoms with E-state index in [4.69, 9.17) is 25.8 Å². The standard InChI is InChI=1S/C20H18ClNO4/c1-3-10-25-17-9-8-13(12-18(17)24-2)11-16-20(23)26-19(22-16)14-6-4-5-7-15(14)21/h4-9,11-12H,3,10H2,1-2H3/b16-11-. The van der Waals surface area contributed by atoms with Crippen LogP contribution in [-0.4, -0.2) is 25.6 Å². The lowest BCUT2D eigenvalue weighted by Crippen LogP contribution is -2.05. The second kappa shape index (κ2) is 8.06. The summed E-state index contributed by atoms with van der Waals surface area (Å²) in [5.74, 6) is 0.923. The maximum atomic E-state index is 12.1. The highest BCUT2D eigenvalue weighted by atomic mass is 35.5. The average Bonchev–Trinajstić information content (AvgIpc) is 3.01. The maximum absolute atomic E-state index is 12.1. The molecule has 0 fully saturated rings. The Hall–Kier alpha value is -2.79. The van der Waals surface area contributed by atoms with Gasteiger partial charge in [0.25, 0.3) is 0 Å². The van der Waals surface area contributed by atoms with Gasteiger partial charge in [-0.1, -0.05) is 36.7 Å². The summed E-state index contributed by atoms with van der Waals surface area (Å²) in [7, 11) is 1.57. The van der Waals surface area contributed by atoms with E-state index in [0.29, 0.717) is 28.7 Å². The van der Waals surface area contributed by atoms with Gasteiger partial charge < -0.3 is 14.2 Å². The molecular formula is C20H18ClNO4. The van der Waals surface area contributed by atoms with Gasteiger partial charge in [-0.15, -0.1) is 0 Å². The molecule has 0 saturated carbocycles. The number of aliphatic imine (C=N–C) groups is 1. The minimum Gasteiger partial charge on any atom is -0.493 e. The molecule has 0 aromatic heterocycles. The summed E-state index contributed by atoms with van der Waals surface area (Å²) >= 11 is 6.14. The van der Waals surface area contributed by atoms with Crippen molar-refractivity contribution in [2.24, 2.45) is 4.99 Å². The Morgan fingerprint density at radius 1 is 1.19 bits per heavy atom. The van der Waals surface area contributed by atoms with Gasteiger partial charge in [0.05, 0.1) is 24.3 Å². The van der Waals surface area contributed by atoms with Crippen LogP contribution >= 0.6 is 11.6 Å². The molecule has 134 valence electrons. The summed E-state index contributed by atoms with van der Waals surface area (Å²) in [6.07, 6.45) is 2.54. The third-order valence-electron chi connectivity index (χ3n) is 3.68. The fraction of sp³-hybridized carbons (Fsp3) is 0.200. The molecule has 1 aliphatic heterocycles. The van der Waals surface area contributed by atoms with Crippen molar-refractivity contribution in [3.63, 3.8) is 0 Å². The number of ether oxygens (including phenoxy) is 3. The number of cyclic esters (lactones) is 1. The number of methoxy groups -OCH3 is 1. The van der Waals surface area contributed by atoms with E-state index in [9.17, 15) is 4.79 Å². The van der Waals surface area contributed by atoms with Gasteiger partial charge in [0.2, 0.25) is 5.90 Å². The van der Waals surface area contributed by atoms with Gasteiger partial charge in [0.1, 0.15) is 0 Å². The van der Waals surface area contributed by atoms with Crippen molar-refractivity contribution in [2.45, 2.75) is 13.3 Å². The number of nitrogens with zero attached hydrogens (tertiary/aromatic N) is 1. The van der Waals surface area contributed by atoms with Crippen LogP contribution in [0.4, 0.5) is 0 Å². The van der Waals surface area contributed by atoms with E-state index in [0.717, 1.165) is 12.0 Å². The summed E-state index contributed by atoms with van der Waals surface area (Å²) in [5.41, 5.74) is 1.53. The Morgan fingerprint density at radius 3 is 2.73 bits per heavy atom. The minimum atomic E-state index is -0.523. The lowest BCUT2D eigenvalue weighted by atomic mass is 10.1. The number of hydrogen-bond donors (Lipinski definition) is 0.